The number of aryl methyl sites for hydroxylation is 2. The van der Waals surface area contributed by atoms with Gasteiger partial charge in [0.1, 0.15) is 0 Å². The molecule has 1 aromatic rings. The number of nitrogens with one attached hydrogen (secondary N) is 1. The van der Waals surface area contributed by atoms with Crippen molar-refractivity contribution in [3.63, 3.8) is 0 Å². The molecule has 19 heavy (non-hydrogen) atoms. The lowest BCUT2D eigenvalue weighted by Crippen LogP contribution is -2.47. The third-order valence-electron chi connectivity index (χ3n) is 4.47. The minimum absolute atomic E-state index is 0.334. The molecule has 0 aromatic heterocycles. The first kappa shape index (κ1) is 14.5. The van der Waals surface area contributed by atoms with Crippen LogP contribution in [0.5, 0.6) is 0 Å². The van der Waals surface area contributed by atoms with E-state index in [1.54, 1.807) is 0 Å². The number of ether oxygens (including phenoxy) is 1. The van der Waals surface area contributed by atoms with Gasteiger partial charge in [0.15, 0.2) is 0 Å². The molecule has 1 saturated heterocycles. The van der Waals surface area contributed by atoms with Crippen molar-refractivity contribution >= 4 is 0 Å². The van der Waals surface area contributed by atoms with Gasteiger partial charge in [-0.2, -0.15) is 0 Å². The Kier molecular flexibility index (Phi) is 4.97. The molecular weight excluding hydrogens is 236 g/mol. The Labute approximate surface area is 116 Å². The average Bonchev–Trinajstić information content (AvgIpc) is 2.41. The first-order valence-corrected chi connectivity index (χ1v) is 7.22. The van der Waals surface area contributed by atoms with E-state index >= 15 is 0 Å². The molecule has 1 heterocycles. The van der Waals surface area contributed by atoms with E-state index in [-0.39, 0.29) is 0 Å². The molecule has 0 saturated carbocycles. The quantitative estimate of drug-likeness (QED) is 0.647. The highest BCUT2D eigenvalue weighted by atomic mass is 16.5. The minimum Gasteiger partial charge on any atom is -0.381 e. The van der Waals surface area contributed by atoms with Crippen molar-refractivity contribution in [1.29, 1.82) is 0 Å². The van der Waals surface area contributed by atoms with Crippen LogP contribution in [0.1, 0.15) is 30.0 Å². The van der Waals surface area contributed by atoms with Crippen LogP contribution in [-0.4, -0.2) is 19.3 Å². The van der Waals surface area contributed by atoms with Crippen LogP contribution in [0.25, 0.3) is 0 Å². The Morgan fingerprint density at radius 2 is 2.16 bits per heavy atom. The lowest BCUT2D eigenvalue weighted by Gasteiger charge is -2.35. The summed E-state index contributed by atoms with van der Waals surface area (Å²) >= 11 is 0. The molecule has 1 aliphatic heterocycles. The molecule has 0 radical (unpaired) electrons. The summed E-state index contributed by atoms with van der Waals surface area (Å²) in [4.78, 5) is 0. The molecule has 0 bridgehead atoms. The Hall–Kier alpha value is -0.900. The lowest BCUT2D eigenvalue weighted by atomic mass is 9.81. The summed E-state index contributed by atoms with van der Waals surface area (Å²) in [5, 5.41) is 0. The lowest BCUT2D eigenvalue weighted by molar-refractivity contribution is 0.0109. The SMILES string of the molecule is Cc1ccc(CC(NN)C2CCOCC2C)cc1C. The maximum atomic E-state index is 5.79. The summed E-state index contributed by atoms with van der Waals surface area (Å²) in [5.74, 6) is 6.96. The zero-order valence-corrected chi connectivity index (χ0v) is 12.3. The van der Waals surface area contributed by atoms with Gasteiger partial charge < -0.3 is 4.74 Å². The third-order valence-corrected chi connectivity index (χ3v) is 4.47. The van der Waals surface area contributed by atoms with E-state index in [4.69, 9.17) is 10.6 Å². The number of hydrazine groups is 1. The summed E-state index contributed by atoms with van der Waals surface area (Å²) in [6.45, 7) is 8.30. The predicted molar refractivity (Wildman–Crippen MR) is 78.8 cm³/mol. The van der Waals surface area contributed by atoms with Gasteiger partial charge in [-0.25, -0.2) is 0 Å². The number of nitrogens with two attached hydrogens (primary N) is 1. The Morgan fingerprint density at radius 3 is 2.79 bits per heavy atom. The average molecular weight is 262 g/mol. The highest BCUT2D eigenvalue weighted by Crippen LogP contribution is 2.26. The topological polar surface area (TPSA) is 47.3 Å². The van der Waals surface area contributed by atoms with Crippen molar-refractivity contribution in [3.05, 3.63) is 34.9 Å². The molecule has 1 aromatic carbocycles. The largest absolute Gasteiger partial charge is 0.381 e. The molecule has 106 valence electrons. The van der Waals surface area contributed by atoms with Gasteiger partial charge in [0.25, 0.3) is 0 Å². The van der Waals surface area contributed by atoms with Crippen LogP contribution in [0.4, 0.5) is 0 Å². The molecule has 1 fully saturated rings. The molecule has 1 aliphatic rings. The van der Waals surface area contributed by atoms with E-state index in [0.717, 1.165) is 26.1 Å². The Bertz CT molecular complexity index is 419. The molecule has 2 rings (SSSR count). The fourth-order valence-corrected chi connectivity index (χ4v) is 3.01. The molecule has 0 spiro atoms. The van der Waals surface area contributed by atoms with E-state index in [1.807, 2.05) is 0 Å². The van der Waals surface area contributed by atoms with Crippen LogP contribution >= 0.6 is 0 Å². The van der Waals surface area contributed by atoms with Crippen molar-refractivity contribution in [2.75, 3.05) is 13.2 Å². The summed E-state index contributed by atoms with van der Waals surface area (Å²) in [5.41, 5.74) is 7.10. The molecule has 3 N–H and O–H groups in total. The van der Waals surface area contributed by atoms with E-state index in [0.29, 0.717) is 17.9 Å². The monoisotopic (exact) mass is 262 g/mol. The molecule has 3 heteroatoms. The molecule has 3 atom stereocenters. The maximum Gasteiger partial charge on any atom is 0.0494 e. The van der Waals surface area contributed by atoms with Crippen LogP contribution in [0.2, 0.25) is 0 Å². The Balaban J connectivity index is 2.07. The highest BCUT2D eigenvalue weighted by Gasteiger charge is 2.29. The molecule has 0 aliphatic carbocycles. The summed E-state index contributed by atoms with van der Waals surface area (Å²) in [6.07, 6.45) is 2.09. The molecule has 3 nitrogen and oxygen atoms in total. The normalized spacial score (nSPS) is 25.3. The van der Waals surface area contributed by atoms with Gasteiger partial charge in [0, 0.05) is 19.3 Å². The molecule has 3 unspecified atom stereocenters. The van der Waals surface area contributed by atoms with Crippen LogP contribution < -0.4 is 11.3 Å². The van der Waals surface area contributed by atoms with Crippen molar-refractivity contribution in [2.24, 2.45) is 17.7 Å². The first-order chi connectivity index (χ1) is 9.11. The predicted octanol–water partition coefficient (Wildman–Crippen LogP) is 2.35. The van der Waals surface area contributed by atoms with Crippen molar-refractivity contribution in [1.82, 2.24) is 5.43 Å². The summed E-state index contributed by atoms with van der Waals surface area (Å²) < 4.78 is 5.52. The fraction of sp³-hybridized carbons (Fsp3) is 0.625. The van der Waals surface area contributed by atoms with Gasteiger partial charge in [-0.05, 0) is 55.2 Å². The third kappa shape index (κ3) is 3.56. The van der Waals surface area contributed by atoms with Crippen molar-refractivity contribution in [3.8, 4) is 0 Å². The van der Waals surface area contributed by atoms with Crippen LogP contribution in [0.15, 0.2) is 18.2 Å². The maximum absolute atomic E-state index is 5.79. The standard InChI is InChI=1S/C16H26N2O/c1-11-4-5-14(8-12(11)2)9-16(18-17)15-6-7-19-10-13(15)3/h4-5,8,13,15-16,18H,6-7,9-10,17H2,1-3H3. The smallest absolute Gasteiger partial charge is 0.0494 e. The van der Waals surface area contributed by atoms with E-state index < -0.39 is 0 Å². The van der Waals surface area contributed by atoms with E-state index in [9.17, 15) is 0 Å². The van der Waals surface area contributed by atoms with Crippen LogP contribution in [0, 0.1) is 25.7 Å². The number of benzene rings is 1. The number of rotatable bonds is 4. The van der Waals surface area contributed by atoms with Crippen LogP contribution in [-0.2, 0) is 11.2 Å². The fourth-order valence-electron chi connectivity index (χ4n) is 3.01. The van der Waals surface area contributed by atoms with Gasteiger partial charge in [0.05, 0.1) is 0 Å². The van der Waals surface area contributed by atoms with E-state index in [2.05, 4.69) is 44.4 Å². The van der Waals surface area contributed by atoms with Gasteiger partial charge in [-0.1, -0.05) is 25.1 Å². The second-order valence-corrected chi connectivity index (χ2v) is 5.90. The molecular formula is C16H26N2O. The van der Waals surface area contributed by atoms with Gasteiger partial charge in [-0.15, -0.1) is 0 Å². The van der Waals surface area contributed by atoms with Gasteiger partial charge in [0.2, 0.25) is 0 Å². The second kappa shape index (κ2) is 6.51. The first-order valence-electron chi connectivity index (χ1n) is 7.22. The highest BCUT2D eigenvalue weighted by molar-refractivity contribution is 5.30. The summed E-state index contributed by atoms with van der Waals surface area (Å²) in [7, 11) is 0. The zero-order valence-electron chi connectivity index (χ0n) is 12.3. The van der Waals surface area contributed by atoms with Crippen molar-refractivity contribution < 1.29 is 4.74 Å². The zero-order chi connectivity index (χ0) is 13.8. The number of hydrogen-bond acceptors (Lipinski definition) is 3. The van der Waals surface area contributed by atoms with Crippen LogP contribution in [0.3, 0.4) is 0 Å². The summed E-state index contributed by atoms with van der Waals surface area (Å²) in [6, 6.07) is 7.03. The minimum atomic E-state index is 0.334. The number of hydrogen-bond donors (Lipinski definition) is 2. The van der Waals surface area contributed by atoms with E-state index in [1.165, 1.54) is 16.7 Å². The molecule has 0 amide bonds. The van der Waals surface area contributed by atoms with Gasteiger partial charge >= 0.3 is 0 Å². The van der Waals surface area contributed by atoms with Gasteiger partial charge in [-0.3, -0.25) is 11.3 Å². The van der Waals surface area contributed by atoms with Crippen molar-refractivity contribution in [2.45, 2.75) is 39.7 Å². The second-order valence-electron chi connectivity index (χ2n) is 5.90. The Morgan fingerprint density at radius 1 is 1.37 bits per heavy atom.